The van der Waals surface area contributed by atoms with Crippen molar-refractivity contribution in [1.82, 2.24) is 0 Å². The Labute approximate surface area is 83.8 Å². The molecule has 1 aromatic rings. The molecule has 0 heterocycles. The summed E-state index contributed by atoms with van der Waals surface area (Å²) in [6, 6.07) is 5.48. The van der Waals surface area contributed by atoms with Gasteiger partial charge in [0.15, 0.2) is 0 Å². The average molecular weight is 191 g/mol. The highest BCUT2D eigenvalue weighted by molar-refractivity contribution is 5.49. The first-order valence-corrected chi connectivity index (χ1v) is 4.22. The van der Waals surface area contributed by atoms with Crippen LogP contribution in [0.4, 0.5) is 0 Å². The second kappa shape index (κ2) is 5.15. The summed E-state index contributed by atoms with van der Waals surface area (Å²) < 4.78 is 10.2. The van der Waals surface area contributed by atoms with E-state index in [2.05, 4.69) is 11.8 Å². The second-order valence-corrected chi connectivity index (χ2v) is 2.57. The van der Waals surface area contributed by atoms with Gasteiger partial charge in [-0.3, -0.25) is 0 Å². The quantitative estimate of drug-likeness (QED) is 0.710. The summed E-state index contributed by atoms with van der Waals surface area (Å²) in [4.78, 5) is 0. The zero-order valence-corrected chi connectivity index (χ0v) is 8.33. The van der Waals surface area contributed by atoms with Crippen LogP contribution in [0.5, 0.6) is 11.5 Å². The fourth-order valence-corrected chi connectivity index (χ4v) is 1.05. The Hall–Kier alpha value is -1.66. The van der Waals surface area contributed by atoms with E-state index >= 15 is 0 Å². The van der Waals surface area contributed by atoms with Crippen molar-refractivity contribution in [2.45, 2.75) is 0 Å². The van der Waals surface area contributed by atoms with Crippen molar-refractivity contribution in [1.29, 1.82) is 0 Å². The maximum Gasteiger partial charge on any atom is 0.138 e. The third-order valence-electron chi connectivity index (χ3n) is 1.73. The van der Waals surface area contributed by atoms with Gasteiger partial charge in [-0.1, -0.05) is 11.8 Å². The highest BCUT2D eigenvalue weighted by atomic mass is 16.5. The number of benzene rings is 1. The molecule has 3 heteroatoms. The molecule has 14 heavy (non-hydrogen) atoms. The van der Waals surface area contributed by atoms with E-state index in [-0.39, 0.29) is 0 Å². The molecule has 0 saturated carbocycles. The molecule has 0 aliphatic carbocycles. The molecule has 1 aromatic carbocycles. The van der Waals surface area contributed by atoms with E-state index < -0.39 is 0 Å². The average Bonchev–Trinajstić information content (AvgIpc) is 2.26. The van der Waals surface area contributed by atoms with Crippen LogP contribution >= 0.6 is 0 Å². The molecule has 74 valence electrons. The van der Waals surface area contributed by atoms with Crippen molar-refractivity contribution >= 4 is 0 Å². The fourth-order valence-electron chi connectivity index (χ4n) is 1.05. The predicted molar refractivity (Wildman–Crippen MR) is 55.5 cm³/mol. The minimum absolute atomic E-state index is 0.342. The zero-order valence-electron chi connectivity index (χ0n) is 8.33. The largest absolute Gasteiger partial charge is 0.497 e. The molecule has 0 amide bonds. The van der Waals surface area contributed by atoms with Crippen LogP contribution in [-0.2, 0) is 0 Å². The molecule has 0 spiro atoms. The Kier molecular flexibility index (Phi) is 3.84. The maximum absolute atomic E-state index is 5.28. The number of rotatable bonds is 2. The number of ether oxygens (including phenoxy) is 2. The van der Waals surface area contributed by atoms with Gasteiger partial charge in [-0.25, -0.2) is 0 Å². The van der Waals surface area contributed by atoms with Crippen LogP contribution in [0, 0.1) is 11.8 Å². The lowest BCUT2D eigenvalue weighted by Gasteiger charge is -2.05. The molecule has 0 aromatic heterocycles. The Morgan fingerprint density at radius 3 is 2.64 bits per heavy atom. The summed E-state index contributed by atoms with van der Waals surface area (Å²) in [5, 5.41) is 0. The van der Waals surface area contributed by atoms with Gasteiger partial charge in [0.1, 0.15) is 11.5 Å². The Bertz CT molecular complexity index is 363. The molecular weight excluding hydrogens is 178 g/mol. The molecule has 0 atom stereocenters. The molecule has 0 aliphatic rings. The lowest BCUT2D eigenvalue weighted by molar-refractivity contribution is 0.393. The van der Waals surface area contributed by atoms with E-state index in [9.17, 15) is 0 Å². The molecular formula is C11H13NO2. The third kappa shape index (κ3) is 2.41. The van der Waals surface area contributed by atoms with E-state index in [0.717, 1.165) is 11.3 Å². The van der Waals surface area contributed by atoms with E-state index in [1.54, 1.807) is 20.3 Å². The number of hydrogen-bond donors (Lipinski definition) is 1. The molecule has 1 rings (SSSR count). The van der Waals surface area contributed by atoms with Gasteiger partial charge >= 0.3 is 0 Å². The molecule has 2 N–H and O–H groups in total. The monoisotopic (exact) mass is 191 g/mol. The maximum atomic E-state index is 5.28. The molecule has 0 saturated heterocycles. The van der Waals surface area contributed by atoms with Crippen LogP contribution in [0.2, 0.25) is 0 Å². The van der Waals surface area contributed by atoms with Crippen LogP contribution in [0.3, 0.4) is 0 Å². The predicted octanol–water partition coefficient (Wildman–Crippen LogP) is 1.01. The minimum Gasteiger partial charge on any atom is -0.497 e. The summed E-state index contributed by atoms with van der Waals surface area (Å²) in [6.45, 7) is 0.342. The smallest absolute Gasteiger partial charge is 0.138 e. The lowest BCUT2D eigenvalue weighted by atomic mass is 10.2. The Balaban J connectivity index is 3.05. The van der Waals surface area contributed by atoms with E-state index in [0.29, 0.717) is 12.3 Å². The van der Waals surface area contributed by atoms with Crippen LogP contribution in [-0.4, -0.2) is 20.8 Å². The van der Waals surface area contributed by atoms with E-state index in [4.69, 9.17) is 15.2 Å². The first-order chi connectivity index (χ1) is 6.81. The molecule has 0 fully saturated rings. The number of hydrogen-bond acceptors (Lipinski definition) is 3. The van der Waals surface area contributed by atoms with Gasteiger partial charge < -0.3 is 15.2 Å². The van der Waals surface area contributed by atoms with Gasteiger partial charge in [-0.05, 0) is 12.1 Å². The van der Waals surface area contributed by atoms with Crippen molar-refractivity contribution in [3.8, 4) is 23.3 Å². The van der Waals surface area contributed by atoms with Crippen LogP contribution in [0.15, 0.2) is 18.2 Å². The summed E-state index contributed by atoms with van der Waals surface area (Å²) >= 11 is 0. The van der Waals surface area contributed by atoms with Gasteiger partial charge in [0.2, 0.25) is 0 Å². The van der Waals surface area contributed by atoms with Gasteiger partial charge in [-0.2, -0.15) is 0 Å². The van der Waals surface area contributed by atoms with Gasteiger partial charge in [0, 0.05) is 6.07 Å². The van der Waals surface area contributed by atoms with Crippen molar-refractivity contribution in [2.75, 3.05) is 20.8 Å². The van der Waals surface area contributed by atoms with E-state index in [1.807, 2.05) is 12.1 Å². The van der Waals surface area contributed by atoms with Crippen molar-refractivity contribution < 1.29 is 9.47 Å². The number of methoxy groups -OCH3 is 2. The first kappa shape index (κ1) is 10.4. The van der Waals surface area contributed by atoms with Crippen LogP contribution < -0.4 is 15.2 Å². The van der Waals surface area contributed by atoms with Crippen LogP contribution in [0.25, 0.3) is 0 Å². The van der Waals surface area contributed by atoms with Crippen LogP contribution in [0.1, 0.15) is 5.56 Å². The summed E-state index contributed by atoms with van der Waals surface area (Å²) in [6.07, 6.45) is 0. The van der Waals surface area contributed by atoms with Crippen molar-refractivity contribution in [3.05, 3.63) is 23.8 Å². The summed E-state index contributed by atoms with van der Waals surface area (Å²) in [7, 11) is 3.21. The summed E-state index contributed by atoms with van der Waals surface area (Å²) in [5.41, 5.74) is 6.10. The Morgan fingerprint density at radius 2 is 2.07 bits per heavy atom. The second-order valence-electron chi connectivity index (χ2n) is 2.57. The minimum atomic E-state index is 0.342. The standard InChI is InChI=1S/C11H13NO2/c1-13-10-6-5-9(4-3-7-12)11(8-10)14-2/h5-6,8H,7,12H2,1-2H3. The van der Waals surface area contributed by atoms with Crippen molar-refractivity contribution in [2.24, 2.45) is 5.73 Å². The Morgan fingerprint density at radius 1 is 1.29 bits per heavy atom. The lowest BCUT2D eigenvalue weighted by Crippen LogP contribution is -1.94. The summed E-state index contributed by atoms with van der Waals surface area (Å²) in [5.74, 6) is 7.14. The topological polar surface area (TPSA) is 44.5 Å². The van der Waals surface area contributed by atoms with Gasteiger partial charge in [0.05, 0.1) is 26.3 Å². The highest BCUT2D eigenvalue weighted by Gasteiger charge is 2.01. The SMILES string of the molecule is COc1ccc(C#CCN)c(OC)c1. The number of nitrogens with two attached hydrogens (primary N) is 1. The van der Waals surface area contributed by atoms with E-state index in [1.165, 1.54) is 0 Å². The molecule has 3 nitrogen and oxygen atoms in total. The third-order valence-corrected chi connectivity index (χ3v) is 1.73. The van der Waals surface area contributed by atoms with Gasteiger partial charge in [0.25, 0.3) is 0 Å². The van der Waals surface area contributed by atoms with Crippen molar-refractivity contribution in [3.63, 3.8) is 0 Å². The molecule has 0 unspecified atom stereocenters. The zero-order chi connectivity index (χ0) is 10.4. The molecule has 0 aliphatic heterocycles. The normalized spacial score (nSPS) is 8.79. The molecule has 0 bridgehead atoms. The highest BCUT2D eigenvalue weighted by Crippen LogP contribution is 2.23. The molecule has 0 radical (unpaired) electrons. The van der Waals surface area contributed by atoms with Gasteiger partial charge in [-0.15, -0.1) is 0 Å². The first-order valence-electron chi connectivity index (χ1n) is 4.22. The fraction of sp³-hybridized carbons (Fsp3) is 0.273.